The number of aliphatic imine (C=N–C) groups is 1. The Morgan fingerprint density at radius 1 is 1.17 bits per heavy atom. The molecule has 0 aliphatic rings. The molecule has 0 aliphatic carbocycles. The van der Waals surface area contributed by atoms with Crippen LogP contribution < -0.4 is 15.8 Å². The van der Waals surface area contributed by atoms with Crippen LogP contribution in [-0.4, -0.2) is 19.6 Å². The van der Waals surface area contributed by atoms with Gasteiger partial charge in [-0.3, -0.25) is 4.99 Å². The molecule has 4 nitrogen and oxygen atoms in total. The second-order valence-corrected chi connectivity index (χ2v) is 6.35. The number of nitrogens with zero attached hydrogens (tertiary/aromatic N) is 1. The van der Waals surface area contributed by atoms with Crippen LogP contribution in [0.5, 0.6) is 5.75 Å². The van der Waals surface area contributed by atoms with Gasteiger partial charge in [0, 0.05) is 10.4 Å². The summed E-state index contributed by atoms with van der Waals surface area (Å²) in [4.78, 5) is 4.46. The highest BCUT2D eigenvalue weighted by atomic mass is 35.5. The summed E-state index contributed by atoms with van der Waals surface area (Å²) >= 11 is 5.94. The van der Waals surface area contributed by atoms with E-state index < -0.39 is 0 Å². The standard InChI is InChI=1S/C18H22ClN3O/c1-18(2,13-8-10-14(19)11-9-13)12-21-17(20)22-15-6-4-5-7-16(15)23-3/h4-11H,12H2,1-3H3,(H3,20,21,22). The van der Waals surface area contributed by atoms with Gasteiger partial charge in [0.15, 0.2) is 5.96 Å². The highest BCUT2D eigenvalue weighted by Gasteiger charge is 2.20. The zero-order chi connectivity index (χ0) is 16.9. The lowest BCUT2D eigenvalue weighted by atomic mass is 9.85. The van der Waals surface area contributed by atoms with Crippen molar-refractivity contribution in [2.45, 2.75) is 19.3 Å². The number of nitrogens with one attached hydrogen (secondary N) is 1. The molecule has 2 rings (SSSR count). The lowest BCUT2D eigenvalue weighted by Crippen LogP contribution is -2.27. The van der Waals surface area contributed by atoms with Gasteiger partial charge < -0.3 is 15.8 Å². The molecule has 0 spiro atoms. The summed E-state index contributed by atoms with van der Waals surface area (Å²) in [6, 6.07) is 15.4. The summed E-state index contributed by atoms with van der Waals surface area (Å²) in [6.45, 7) is 4.80. The minimum atomic E-state index is -0.141. The van der Waals surface area contributed by atoms with E-state index in [1.54, 1.807) is 7.11 Å². The Morgan fingerprint density at radius 3 is 2.48 bits per heavy atom. The topological polar surface area (TPSA) is 59.6 Å². The molecule has 0 saturated heterocycles. The van der Waals surface area contributed by atoms with Crippen LogP contribution in [0, 0.1) is 0 Å². The van der Waals surface area contributed by atoms with Gasteiger partial charge in [-0.2, -0.15) is 0 Å². The molecule has 122 valence electrons. The van der Waals surface area contributed by atoms with Crippen molar-refractivity contribution in [3.8, 4) is 5.75 Å². The number of methoxy groups -OCH3 is 1. The number of anilines is 1. The molecule has 0 aromatic heterocycles. The maximum atomic E-state index is 6.00. The zero-order valence-electron chi connectivity index (χ0n) is 13.6. The first-order valence-electron chi connectivity index (χ1n) is 7.38. The van der Waals surface area contributed by atoms with Crippen LogP contribution in [0.1, 0.15) is 19.4 Å². The molecule has 0 radical (unpaired) electrons. The van der Waals surface area contributed by atoms with Crippen molar-refractivity contribution in [1.29, 1.82) is 0 Å². The Kier molecular flexibility index (Phi) is 5.50. The Bertz CT molecular complexity index is 681. The van der Waals surface area contributed by atoms with E-state index >= 15 is 0 Å². The van der Waals surface area contributed by atoms with E-state index in [9.17, 15) is 0 Å². The first-order valence-corrected chi connectivity index (χ1v) is 7.76. The van der Waals surface area contributed by atoms with E-state index in [1.807, 2.05) is 48.5 Å². The number of halogens is 1. The molecular weight excluding hydrogens is 310 g/mol. The summed E-state index contributed by atoms with van der Waals surface area (Å²) in [5.74, 6) is 1.08. The fourth-order valence-corrected chi connectivity index (χ4v) is 2.33. The van der Waals surface area contributed by atoms with E-state index in [-0.39, 0.29) is 5.41 Å². The van der Waals surface area contributed by atoms with Crippen molar-refractivity contribution in [3.05, 3.63) is 59.1 Å². The van der Waals surface area contributed by atoms with Gasteiger partial charge >= 0.3 is 0 Å². The Labute approximate surface area is 142 Å². The van der Waals surface area contributed by atoms with Gasteiger partial charge in [0.1, 0.15) is 5.75 Å². The minimum absolute atomic E-state index is 0.141. The number of benzene rings is 2. The second kappa shape index (κ2) is 7.38. The van der Waals surface area contributed by atoms with Crippen molar-refractivity contribution in [3.63, 3.8) is 0 Å². The molecule has 0 atom stereocenters. The molecule has 0 fully saturated rings. The van der Waals surface area contributed by atoms with Crippen molar-refractivity contribution in [2.75, 3.05) is 19.0 Å². The number of hydrogen-bond acceptors (Lipinski definition) is 2. The molecule has 0 amide bonds. The molecule has 3 N–H and O–H groups in total. The summed E-state index contributed by atoms with van der Waals surface area (Å²) in [6.07, 6.45) is 0. The smallest absolute Gasteiger partial charge is 0.193 e. The first-order chi connectivity index (χ1) is 10.9. The van der Waals surface area contributed by atoms with Gasteiger partial charge in [-0.15, -0.1) is 0 Å². The maximum absolute atomic E-state index is 6.00. The quantitative estimate of drug-likeness (QED) is 0.641. The molecule has 23 heavy (non-hydrogen) atoms. The number of hydrogen-bond donors (Lipinski definition) is 2. The van der Waals surface area contributed by atoms with Gasteiger partial charge in [-0.1, -0.05) is 49.7 Å². The normalized spacial score (nSPS) is 12.1. The molecule has 0 unspecified atom stereocenters. The first kappa shape index (κ1) is 17.2. The SMILES string of the molecule is COc1ccccc1NC(N)=NCC(C)(C)c1ccc(Cl)cc1. The number of guanidine groups is 1. The summed E-state index contributed by atoms with van der Waals surface area (Å²) in [7, 11) is 1.62. The fraction of sp³-hybridized carbons (Fsp3) is 0.278. The Morgan fingerprint density at radius 2 is 1.83 bits per heavy atom. The van der Waals surface area contributed by atoms with Crippen LogP contribution in [0.3, 0.4) is 0 Å². The maximum Gasteiger partial charge on any atom is 0.193 e. The van der Waals surface area contributed by atoms with Gasteiger partial charge in [0.05, 0.1) is 19.3 Å². The number of rotatable bonds is 5. The molecule has 0 aliphatic heterocycles. The minimum Gasteiger partial charge on any atom is -0.495 e. The van der Waals surface area contributed by atoms with Gasteiger partial charge in [0.25, 0.3) is 0 Å². The highest BCUT2D eigenvalue weighted by Crippen LogP contribution is 2.25. The summed E-state index contributed by atoms with van der Waals surface area (Å²) < 4.78 is 5.29. The zero-order valence-corrected chi connectivity index (χ0v) is 14.4. The molecule has 5 heteroatoms. The lowest BCUT2D eigenvalue weighted by molar-refractivity contribution is 0.417. The van der Waals surface area contributed by atoms with Crippen molar-refractivity contribution in [2.24, 2.45) is 10.7 Å². The largest absolute Gasteiger partial charge is 0.495 e. The lowest BCUT2D eigenvalue weighted by Gasteiger charge is -2.23. The van der Waals surface area contributed by atoms with Gasteiger partial charge in [-0.25, -0.2) is 0 Å². The van der Waals surface area contributed by atoms with Crippen LogP contribution in [0.15, 0.2) is 53.5 Å². The summed E-state index contributed by atoms with van der Waals surface area (Å²) in [5, 5.41) is 3.80. The average molecular weight is 332 g/mol. The molecule has 2 aromatic carbocycles. The number of ether oxygens (including phenoxy) is 1. The monoisotopic (exact) mass is 331 g/mol. The van der Waals surface area contributed by atoms with Crippen molar-refractivity contribution in [1.82, 2.24) is 0 Å². The third-order valence-corrected chi connectivity index (χ3v) is 3.89. The molecule has 0 saturated carbocycles. The van der Waals surface area contributed by atoms with E-state index in [1.165, 1.54) is 0 Å². The Balaban J connectivity index is 2.07. The van der Waals surface area contributed by atoms with Crippen LogP contribution in [0.2, 0.25) is 5.02 Å². The van der Waals surface area contributed by atoms with E-state index in [4.69, 9.17) is 22.1 Å². The number of para-hydroxylation sites is 2. The molecule has 0 bridgehead atoms. The molecular formula is C18H22ClN3O. The summed E-state index contributed by atoms with van der Waals surface area (Å²) in [5.41, 5.74) is 7.81. The van der Waals surface area contributed by atoms with E-state index in [0.29, 0.717) is 12.5 Å². The fourth-order valence-electron chi connectivity index (χ4n) is 2.20. The van der Waals surface area contributed by atoms with Crippen LogP contribution in [0.4, 0.5) is 5.69 Å². The van der Waals surface area contributed by atoms with Crippen molar-refractivity contribution < 1.29 is 4.74 Å². The molecule has 0 heterocycles. The van der Waals surface area contributed by atoms with E-state index in [0.717, 1.165) is 22.0 Å². The van der Waals surface area contributed by atoms with Crippen LogP contribution >= 0.6 is 11.6 Å². The van der Waals surface area contributed by atoms with Crippen molar-refractivity contribution >= 4 is 23.2 Å². The van der Waals surface area contributed by atoms with E-state index in [2.05, 4.69) is 24.2 Å². The van der Waals surface area contributed by atoms with Gasteiger partial charge in [-0.05, 0) is 29.8 Å². The highest BCUT2D eigenvalue weighted by molar-refractivity contribution is 6.30. The van der Waals surface area contributed by atoms with Crippen LogP contribution in [-0.2, 0) is 5.41 Å². The average Bonchev–Trinajstić information content (AvgIpc) is 2.54. The predicted molar refractivity (Wildman–Crippen MR) is 97.6 cm³/mol. The van der Waals surface area contributed by atoms with Crippen LogP contribution in [0.25, 0.3) is 0 Å². The van der Waals surface area contributed by atoms with Gasteiger partial charge in [0.2, 0.25) is 0 Å². The third-order valence-electron chi connectivity index (χ3n) is 3.64. The number of nitrogens with two attached hydrogens (primary N) is 1. The second-order valence-electron chi connectivity index (χ2n) is 5.92. The molecule has 2 aromatic rings. The Hall–Kier alpha value is -2.20. The predicted octanol–water partition coefficient (Wildman–Crippen LogP) is 4.05. The third kappa shape index (κ3) is 4.63.